The molecule has 0 rings (SSSR count). The van der Waals surface area contributed by atoms with Gasteiger partial charge in [0.05, 0.1) is 66.1 Å². The fraction of sp³-hybridized carbons (Fsp3) is 0.886. The van der Waals surface area contributed by atoms with E-state index in [2.05, 4.69) is 19.1 Å². The molecule has 0 aromatic rings. The molecule has 426 valence electrons. The van der Waals surface area contributed by atoms with Crippen molar-refractivity contribution in [2.45, 2.75) is 184 Å². The van der Waals surface area contributed by atoms with Crippen LogP contribution in [0.2, 0.25) is 0 Å². The third kappa shape index (κ3) is 71.9. The number of allylic oxidation sites excluding steroid dienone is 2. The van der Waals surface area contributed by atoms with Crippen LogP contribution in [0, 0.1) is 0 Å². The molecule has 0 unspecified atom stereocenters. The molecule has 0 aromatic carbocycles. The predicted molar refractivity (Wildman–Crippen MR) is 252 cm³/mol. The predicted octanol–water partition coefficient (Wildman–Crippen LogP) is -4.71. The van der Waals surface area contributed by atoms with Gasteiger partial charge < -0.3 is 117 Å². The molecule has 0 radical (unpaired) electrons. The van der Waals surface area contributed by atoms with Gasteiger partial charge in [-0.1, -0.05) is 70.4 Å². The second-order valence-corrected chi connectivity index (χ2v) is 15.2. The van der Waals surface area contributed by atoms with E-state index in [9.17, 15) is 14.4 Å². The number of carbonyl (C=O) groups is 3. The van der Waals surface area contributed by atoms with Crippen molar-refractivity contribution in [3.05, 3.63) is 12.2 Å². The Morgan fingerprint density at radius 1 is 0.286 bits per heavy atom. The van der Waals surface area contributed by atoms with Gasteiger partial charge in [-0.15, -0.1) is 0 Å². The quantitative estimate of drug-likeness (QED) is 0.0209. The number of carboxylic acids is 3. The summed E-state index contributed by atoms with van der Waals surface area (Å²) in [4.78, 5) is 30.1. The number of unbranched alkanes of at least 4 members (excludes halogenated alkanes) is 12. The number of hydrogen-bond acceptors (Lipinski definition) is 23. The minimum atomic E-state index is -1.22. The van der Waals surface area contributed by atoms with Crippen molar-refractivity contribution in [3.63, 3.8) is 0 Å². The molecule has 0 aromatic heterocycles. The Morgan fingerprint density at radius 2 is 0.443 bits per heavy atom. The zero-order valence-corrected chi connectivity index (χ0v) is 40.7. The normalized spacial score (nSPS) is 14.8. The van der Waals surface area contributed by atoms with Crippen molar-refractivity contribution in [1.29, 1.82) is 0 Å². The van der Waals surface area contributed by atoms with Crippen LogP contribution >= 0.6 is 0 Å². The molecule has 0 spiro atoms. The maximum absolute atomic E-state index is 10.3. The second-order valence-electron chi connectivity index (χ2n) is 15.2. The molecule has 26 nitrogen and oxygen atoms in total. The molecule has 70 heavy (non-hydrogen) atoms. The fourth-order valence-corrected chi connectivity index (χ4v) is 4.12. The zero-order chi connectivity index (χ0) is 55.7. The highest BCUT2D eigenvalue weighted by Gasteiger charge is 2.15. The molecular weight excluding hydrogens is 944 g/mol. The highest BCUT2D eigenvalue weighted by atomic mass is 16.4. The lowest BCUT2D eigenvalue weighted by Crippen LogP contribution is -2.31. The van der Waals surface area contributed by atoms with Crippen LogP contribution in [0.25, 0.3) is 0 Å². The van der Waals surface area contributed by atoms with Gasteiger partial charge >= 0.3 is 17.9 Å². The summed E-state index contributed by atoms with van der Waals surface area (Å²) in [5.74, 6) is -2.40. The van der Waals surface area contributed by atoms with Gasteiger partial charge in [-0.25, -0.2) is 0 Å². The maximum atomic E-state index is 10.3. The molecule has 0 aliphatic carbocycles. The van der Waals surface area contributed by atoms with E-state index in [4.69, 9.17) is 117 Å². The first-order valence-electron chi connectivity index (χ1n) is 23.2. The van der Waals surface area contributed by atoms with Crippen molar-refractivity contribution in [2.75, 3.05) is 66.1 Å². The van der Waals surface area contributed by atoms with Crippen molar-refractivity contribution >= 4 is 17.9 Å². The lowest BCUT2D eigenvalue weighted by atomic mass is 10.1. The minimum absolute atomic E-state index is 0.0628. The van der Waals surface area contributed by atoms with Gasteiger partial charge in [0.2, 0.25) is 0 Å². The van der Waals surface area contributed by atoms with Crippen LogP contribution in [0.5, 0.6) is 0 Å². The average molecular weight is 1040 g/mol. The van der Waals surface area contributed by atoms with Crippen molar-refractivity contribution in [1.82, 2.24) is 0 Å². The Hall–Kier alpha value is -2.65. The van der Waals surface area contributed by atoms with E-state index >= 15 is 0 Å². The monoisotopic (exact) mass is 1040 g/mol. The van der Waals surface area contributed by atoms with E-state index in [0.717, 1.165) is 12.8 Å². The molecule has 0 heterocycles. The Balaban J connectivity index is -0.000000138. The molecule has 26 heteroatoms. The number of carboxylic acid groups (broad SMARTS) is 3. The van der Waals surface area contributed by atoms with E-state index in [1.54, 1.807) is 0 Å². The summed E-state index contributed by atoms with van der Waals surface area (Å²) < 4.78 is 0. The first-order valence-corrected chi connectivity index (χ1v) is 23.2. The SMILES string of the molecule is CCCCCCCCC=CCCCCCCCC(=O)O.O=C(O)CCCCC(=O)O.OC[C@@H](O)[C@@H](O)CO.OC[C@@H](O)[C@@H](O)CO.OC[C@@H](O)[C@@H](O)CO.OC[C@@H](O)[C@@H](O)CO.OC[C@@H](O)[C@@H](O)CO. The Labute approximate surface area is 411 Å². The largest absolute Gasteiger partial charge is 0.481 e. The first-order chi connectivity index (χ1) is 33.0. The summed E-state index contributed by atoms with van der Waals surface area (Å²) >= 11 is 0. The fourth-order valence-electron chi connectivity index (χ4n) is 4.12. The Bertz CT molecular complexity index is 929. The molecule has 0 saturated carbocycles. The van der Waals surface area contributed by atoms with Gasteiger partial charge in [0.15, 0.2) is 0 Å². The standard InChI is InChI=1S/C18H34O2.C6H10O4.5C4H10O4/c1-2-3-4-5-6-7-8-9-10-11-12-13-14-15-16-17-18(19)20;7-5(8)3-1-2-4-6(9)10;5*5-1-3(7)4(8)2-6/h9-10H,2-8,11-17H2,1H3,(H,19,20);1-4H2,(H,7,8)(H,9,10);5*3-8H,1-2H2/t;;5*3-,4+. The molecule has 10 atom stereocenters. The Kier molecular flexibility index (Phi) is 74.9. The highest BCUT2D eigenvalue weighted by Crippen LogP contribution is 2.10. The van der Waals surface area contributed by atoms with E-state index in [0.29, 0.717) is 19.3 Å². The molecule has 0 saturated heterocycles. The lowest BCUT2D eigenvalue weighted by Gasteiger charge is -2.10. The van der Waals surface area contributed by atoms with E-state index in [-0.39, 0.29) is 12.8 Å². The van der Waals surface area contributed by atoms with E-state index in [1.807, 2.05) is 0 Å². The summed E-state index contributed by atoms with van der Waals surface area (Å²) in [6.07, 6.45) is 10.0. The third-order valence-electron chi connectivity index (χ3n) is 8.78. The van der Waals surface area contributed by atoms with Gasteiger partial charge in [0.25, 0.3) is 0 Å². The number of rotatable bonds is 35. The number of aliphatic carboxylic acids is 3. The van der Waals surface area contributed by atoms with Crippen molar-refractivity contribution < 1.29 is 132 Å². The summed E-state index contributed by atoms with van der Waals surface area (Å²) in [6.45, 7) is -3.00. The van der Waals surface area contributed by atoms with Crippen LogP contribution in [0.15, 0.2) is 12.2 Å². The average Bonchev–Trinajstić information content (AvgIpc) is 3.36. The molecule has 23 N–H and O–H groups in total. The first kappa shape index (κ1) is 81.4. The van der Waals surface area contributed by atoms with Gasteiger partial charge in [0, 0.05) is 19.3 Å². The van der Waals surface area contributed by atoms with Gasteiger partial charge in [0.1, 0.15) is 61.0 Å². The summed E-state index contributed by atoms with van der Waals surface area (Å²) in [5, 5.41) is 191. The van der Waals surface area contributed by atoms with Crippen LogP contribution < -0.4 is 0 Å². The second kappa shape index (κ2) is 64.4. The van der Waals surface area contributed by atoms with E-state index < -0.39 is 145 Å². The highest BCUT2D eigenvalue weighted by molar-refractivity contribution is 5.68. The molecule has 0 aliphatic rings. The smallest absolute Gasteiger partial charge is 0.303 e. The topological polar surface area (TPSA) is 517 Å². The van der Waals surface area contributed by atoms with Crippen LogP contribution in [0.1, 0.15) is 122 Å². The molecular formula is C44H94O26. The third-order valence-corrected chi connectivity index (χ3v) is 8.78. The van der Waals surface area contributed by atoms with Crippen molar-refractivity contribution in [3.8, 4) is 0 Å². The summed E-state index contributed by atoms with van der Waals surface area (Å²) in [6, 6.07) is 0. The number of hydrogen-bond donors (Lipinski definition) is 23. The summed E-state index contributed by atoms with van der Waals surface area (Å²) in [5.41, 5.74) is 0. The number of aliphatic hydroxyl groups excluding tert-OH is 20. The molecule has 0 amide bonds. The van der Waals surface area contributed by atoms with Gasteiger partial charge in [-0.3, -0.25) is 14.4 Å². The van der Waals surface area contributed by atoms with E-state index in [1.165, 1.54) is 70.6 Å². The van der Waals surface area contributed by atoms with Crippen LogP contribution in [-0.4, -0.2) is 262 Å². The Morgan fingerprint density at radius 3 is 0.614 bits per heavy atom. The summed E-state index contributed by atoms with van der Waals surface area (Å²) in [7, 11) is 0. The maximum Gasteiger partial charge on any atom is 0.303 e. The van der Waals surface area contributed by atoms with Crippen LogP contribution in [0.4, 0.5) is 0 Å². The number of aliphatic hydroxyl groups is 20. The zero-order valence-electron chi connectivity index (χ0n) is 40.7. The van der Waals surface area contributed by atoms with Crippen LogP contribution in [0.3, 0.4) is 0 Å². The minimum Gasteiger partial charge on any atom is -0.481 e. The van der Waals surface area contributed by atoms with Gasteiger partial charge in [-0.2, -0.15) is 0 Å². The van der Waals surface area contributed by atoms with Crippen molar-refractivity contribution in [2.24, 2.45) is 0 Å². The molecule has 0 bridgehead atoms. The molecule has 0 aliphatic heterocycles. The van der Waals surface area contributed by atoms with Gasteiger partial charge in [-0.05, 0) is 44.9 Å². The lowest BCUT2D eigenvalue weighted by molar-refractivity contribution is -0.139. The molecule has 0 fully saturated rings. The van der Waals surface area contributed by atoms with Crippen LogP contribution in [-0.2, 0) is 14.4 Å².